The molecular weight excluding hydrogens is 336 g/mol. The highest BCUT2D eigenvalue weighted by Gasteiger charge is 2.24. The Bertz CT molecular complexity index is 538. The highest BCUT2D eigenvalue weighted by molar-refractivity contribution is 9.10. The van der Waals surface area contributed by atoms with Crippen molar-refractivity contribution in [2.45, 2.75) is 27.2 Å². The van der Waals surface area contributed by atoms with Gasteiger partial charge in [0.05, 0.1) is 5.92 Å². The monoisotopic (exact) mass is 356 g/mol. The van der Waals surface area contributed by atoms with E-state index in [9.17, 15) is 14.7 Å². The van der Waals surface area contributed by atoms with Crippen molar-refractivity contribution >= 4 is 33.5 Å². The summed E-state index contributed by atoms with van der Waals surface area (Å²) < 4.78 is 0.679. The number of hydrogen-bond donors (Lipinski definition) is 3. The van der Waals surface area contributed by atoms with Crippen LogP contribution in [-0.2, 0) is 4.79 Å². The first kappa shape index (κ1) is 17.5. The molecule has 0 aliphatic heterocycles. The SMILES string of the molecule is CC(C)(C)CC(CNc1ccc(C(N)=O)cc1Br)C(=O)O. The summed E-state index contributed by atoms with van der Waals surface area (Å²) in [5.74, 6) is -1.80. The maximum Gasteiger partial charge on any atom is 0.308 e. The van der Waals surface area contributed by atoms with Crippen molar-refractivity contribution in [2.24, 2.45) is 17.1 Å². The van der Waals surface area contributed by atoms with Crippen molar-refractivity contribution in [3.8, 4) is 0 Å². The summed E-state index contributed by atoms with van der Waals surface area (Å²) in [5, 5.41) is 12.4. The molecular formula is C15H21BrN2O3. The Morgan fingerprint density at radius 2 is 2.00 bits per heavy atom. The third-order valence-corrected chi connectivity index (χ3v) is 3.66. The lowest BCUT2D eigenvalue weighted by atomic mass is 9.84. The van der Waals surface area contributed by atoms with Crippen LogP contribution in [0.2, 0.25) is 0 Å². The number of halogens is 1. The normalized spacial score (nSPS) is 12.8. The zero-order valence-electron chi connectivity index (χ0n) is 12.4. The number of nitrogens with one attached hydrogen (secondary N) is 1. The number of rotatable bonds is 6. The summed E-state index contributed by atoms with van der Waals surface area (Å²) in [4.78, 5) is 22.4. The maximum absolute atomic E-state index is 11.3. The Kier molecular flexibility index (Phi) is 5.78. The van der Waals surface area contributed by atoms with Gasteiger partial charge in [-0.1, -0.05) is 20.8 Å². The first-order valence-corrected chi connectivity index (χ1v) is 7.45. The Morgan fingerprint density at radius 3 is 2.43 bits per heavy atom. The number of carboxylic acids is 1. The molecule has 1 aromatic rings. The molecule has 1 aromatic carbocycles. The molecule has 5 nitrogen and oxygen atoms in total. The number of hydrogen-bond acceptors (Lipinski definition) is 3. The molecule has 0 heterocycles. The number of aliphatic carboxylic acids is 1. The van der Waals surface area contributed by atoms with Gasteiger partial charge in [-0.05, 0) is 46.0 Å². The number of anilines is 1. The number of amides is 1. The standard InChI is InChI=1S/C15H21BrN2O3/c1-15(2,3)7-10(14(20)21)8-18-12-5-4-9(13(17)19)6-11(12)16/h4-6,10,18H,7-8H2,1-3H3,(H2,17,19)(H,20,21). The van der Waals surface area contributed by atoms with Crippen LogP contribution in [0.5, 0.6) is 0 Å². The van der Waals surface area contributed by atoms with E-state index in [1.165, 1.54) is 0 Å². The Hall–Kier alpha value is -1.56. The largest absolute Gasteiger partial charge is 0.481 e. The smallest absolute Gasteiger partial charge is 0.308 e. The molecule has 21 heavy (non-hydrogen) atoms. The zero-order valence-corrected chi connectivity index (χ0v) is 14.0. The van der Waals surface area contributed by atoms with Gasteiger partial charge < -0.3 is 16.2 Å². The van der Waals surface area contributed by atoms with Gasteiger partial charge in [0, 0.05) is 22.3 Å². The molecule has 6 heteroatoms. The minimum atomic E-state index is -0.817. The summed E-state index contributed by atoms with van der Waals surface area (Å²) in [7, 11) is 0. The van der Waals surface area contributed by atoms with Gasteiger partial charge in [-0.25, -0.2) is 0 Å². The molecule has 0 saturated heterocycles. The number of carboxylic acid groups (broad SMARTS) is 1. The van der Waals surface area contributed by atoms with Gasteiger partial charge in [0.1, 0.15) is 0 Å². The van der Waals surface area contributed by atoms with Crippen LogP contribution >= 0.6 is 15.9 Å². The van der Waals surface area contributed by atoms with Crippen molar-refractivity contribution in [1.82, 2.24) is 0 Å². The van der Waals surface area contributed by atoms with E-state index < -0.39 is 17.8 Å². The second-order valence-corrected chi connectivity index (χ2v) is 7.09. The Morgan fingerprint density at radius 1 is 1.38 bits per heavy atom. The Labute approximate surface area is 133 Å². The minimum Gasteiger partial charge on any atom is -0.481 e. The first-order valence-electron chi connectivity index (χ1n) is 6.66. The fourth-order valence-electron chi connectivity index (χ4n) is 2.03. The van der Waals surface area contributed by atoms with E-state index in [2.05, 4.69) is 21.2 Å². The molecule has 0 aromatic heterocycles. The number of carbonyl (C=O) groups is 2. The summed E-state index contributed by atoms with van der Waals surface area (Å²) in [5.41, 5.74) is 6.28. The predicted octanol–water partition coefficient (Wildman–Crippen LogP) is 3.10. The van der Waals surface area contributed by atoms with Crippen LogP contribution in [0, 0.1) is 11.3 Å². The van der Waals surface area contributed by atoms with Gasteiger partial charge >= 0.3 is 5.97 Å². The van der Waals surface area contributed by atoms with Crippen molar-refractivity contribution < 1.29 is 14.7 Å². The van der Waals surface area contributed by atoms with E-state index in [-0.39, 0.29) is 5.41 Å². The van der Waals surface area contributed by atoms with E-state index in [1.807, 2.05) is 20.8 Å². The van der Waals surface area contributed by atoms with Gasteiger partial charge in [0.2, 0.25) is 5.91 Å². The fourth-order valence-corrected chi connectivity index (χ4v) is 2.55. The van der Waals surface area contributed by atoms with Crippen LogP contribution in [0.1, 0.15) is 37.6 Å². The average molecular weight is 357 g/mol. The van der Waals surface area contributed by atoms with Gasteiger partial charge in [-0.15, -0.1) is 0 Å². The third kappa shape index (κ3) is 5.75. The third-order valence-electron chi connectivity index (χ3n) is 3.00. The van der Waals surface area contributed by atoms with E-state index in [0.29, 0.717) is 23.0 Å². The molecule has 0 saturated carbocycles. The van der Waals surface area contributed by atoms with Gasteiger partial charge in [0.25, 0.3) is 0 Å². The molecule has 0 aliphatic carbocycles. The van der Waals surface area contributed by atoms with E-state index >= 15 is 0 Å². The van der Waals surface area contributed by atoms with Crippen LogP contribution in [-0.4, -0.2) is 23.5 Å². The van der Waals surface area contributed by atoms with E-state index in [4.69, 9.17) is 5.73 Å². The van der Waals surface area contributed by atoms with Crippen LogP contribution in [0.15, 0.2) is 22.7 Å². The van der Waals surface area contributed by atoms with Gasteiger partial charge in [-0.2, -0.15) is 0 Å². The molecule has 1 atom stereocenters. The van der Waals surface area contributed by atoms with Crippen LogP contribution in [0.4, 0.5) is 5.69 Å². The van der Waals surface area contributed by atoms with Crippen molar-refractivity contribution in [3.05, 3.63) is 28.2 Å². The number of nitrogens with two attached hydrogens (primary N) is 1. The molecule has 116 valence electrons. The lowest BCUT2D eigenvalue weighted by Gasteiger charge is -2.24. The molecule has 1 unspecified atom stereocenters. The van der Waals surface area contributed by atoms with Crippen LogP contribution in [0.25, 0.3) is 0 Å². The lowest BCUT2D eigenvalue weighted by Crippen LogP contribution is -2.27. The van der Waals surface area contributed by atoms with Crippen molar-refractivity contribution in [1.29, 1.82) is 0 Å². The molecule has 0 radical (unpaired) electrons. The topological polar surface area (TPSA) is 92.4 Å². The molecule has 0 bridgehead atoms. The Balaban J connectivity index is 2.77. The molecule has 0 aliphatic rings. The number of benzene rings is 1. The first-order chi connectivity index (χ1) is 9.60. The number of carbonyl (C=O) groups excluding carboxylic acids is 1. The molecule has 0 fully saturated rings. The number of primary amides is 1. The van der Waals surface area contributed by atoms with Crippen LogP contribution < -0.4 is 11.1 Å². The zero-order chi connectivity index (χ0) is 16.2. The minimum absolute atomic E-state index is 0.0577. The van der Waals surface area contributed by atoms with Gasteiger partial charge in [0.15, 0.2) is 0 Å². The maximum atomic E-state index is 11.3. The predicted molar refractivity (Wildman–Crippen MR) is 86.3 cm³/mol. The second-order valence-electron chi connectivity index (χ2n) is 6.24. The van der Waals surface area contributed by atoms with Crippen molar-refractivity contribution in [3.63, 3.8) is 0 Å². The summed E-state index contributed by atoms with van der Waals surface area (Å²) in [6.45, 7) is 6.36. The second kappa shape index (κ2) is 6.93. The molecule has 4 N–H and O–H groups in total. The van der Waals surface area contributed by atoms with E-state index in [1.54, 1.807) is 18.2 Å². The quantitative estimate of drug-likeness (QED) is 0.729. The molecule has 1 rings (SSSR count). The highest BCUT2D eigenvalue weighted by atomic mass is 79.9. The fraction of sp³-hybridized carbons (Fsp3) is 0.467. The van der Waals surface area contributed by atoms with Gasteiger partial charge in [-0.3, -0.25) is 9.59 Å². The lowest BCUT2D eigenvalue weighted by molar-refractivity contribution is -0.142. The average Bonchev–Trinajstić information content (AvgIpc) is 2.33. The van der Waals surface area contributed by atoms with Crippen LogP contribution in [0.3, 0.4) is 0 Å². The summed E-state index contributed by atoms with van der Waals surface area (Å²) >= 11 is 3.35. The van der Waals surface area contributed by atoms with Crippen molar-refractivity contribution in [2.75, 3.05) is 11.9 Å². The van der Waals surface area contributed by atoms with E-state index in [0.717, 1.165) is 5.69 Å². The molecule has 1 amide bonds. The highest BCUT2D eigenvalue weighted by Crippen LogP contribution is 2.27. The summed E-state index contributed by atoms with van der Waals surface area (Å²) in [6, 6.07) is 4.93. The summed E-state index contributed by atoms with van der Waals surface area (Å²) in [6.07, 6.45) is 0.576. The molecule has 0 spiro atoms.